The molecule has 2 aromatic rings. The predicted molar refractivity (Wildman–Crippen MR) is 92.8 cm³/mol. The van der Waals surface area contributed by atoms with E-state index in [9.17, 15) is 0 Å². The molecule has 0 aromatic heterocycles. The van der Waals surface area contributed by atoms with Crippen LogP contribution in [0, 0.1) is 0 Å². The number of morpholine rings is 1. The number of rotatable bonds is 6. The normalized spacial score (nSPS) is 18.7. The first kappa shape index (κ1) is 16.0. The summed E-state index contributed by atoms with van der Waals surface area (Å²) in [5.74, 6) is 0.913. The molecule has 0 saturated carbocycles. The molecular formula is C20H25NO2. The summed E-state index contributed by atoms with van der Waals surface area (Å²) < 4.78 is 11.2. The van der Waals surface area contributed by atoms with Crippen molar-refractivity contribution in [3.8, 4) is 5.75 Å². The zero-order valence-electron chi connectivity index (χ0n) is 13.8. The van der Waals surface area contributed by atoms with E-state index < -0.39 is 0 Å². The molecule has 3 rings (SSSR count). The second kappa shape index (κ2) is 8.14. The Morgan fingerprint density at radius 1 is 1.04 bits per heavy atom. The van der Waals surface area contributed by atoms with E-state index >= 15 is 0 Å². The third-order valence-corrected chi connectivity index (χ3v) is 4.39. The number of ether oxygens (including phenoxy) is 2. The number of aryl methyl sites for hydroxylation is 1. The summed E-state index contributed by atoms with van der Waals surface area (Å²) >= 11 is 0. The Hall–Kier alpha value is -1.84. The fourth-order valence-electron chi connectivity index (χ4n) is 3.06. The van der Waals surface area contributed by atoms with Crippen molar-refractivity contribution in [2.45, 2.75) is 25.5 Å². The second-order valence-corrected chi connectivity index (χ2v) is 6.10. The third-order valence-electron chi connectivity index (χ3n) is 4.39. The molecule has 1 saturated heterocycles. The van der Waals surface area contributed by atoms with Crippen molar-refractivity contribution in [3.63, 3.8) is 0 Å². The predicted octanol–water partition coefficient (Wildman–Crippen LogP) is 3.53. The molecule has 0 spiro atoms. The highest BCUT2D eigenvalue weighted by Crippen LogP contribution is 2.17. The molecule has 0 aliphatic carbocycles. The Balaban J connectivity index is 1.49. The molecule has 0 N–H and O–H groups in total. The lowest BCUT2D eigenvalue weighted by atomic mass is 10.1. The van der Waals surface area contributed by atoms with Gasteiger partial charge in [-0.15, -0.1) is 0 Å². The Bertz CT molecular complexity index is 582. The molecule has 1 aliphatic heterocycles. The Morgan fingerprint density at radius 3 is 2.57 bits per heavy atom. The van der Waals surface area contributed by atoms with E-state index in [1.54, 1.807) is 7.11 Å². The number of hydrogen-bond donors (Lipinski definition) is 0. The molecule has 23 heavy (non-hydrogen) atoms. The van der Waals surface area contributed by atoms with Crippen molar-refractivity contribution < 1.29 is 9.47 Å². The van der Waals surface area contributed by atoms with Crippen LogP contribution in [-0.2, 0) is 17.7 Å². The standard InChI is InChI=1S/C20H25NO2/c1-22-19-10-8-18(9-11-19)15-21-13-14-23-20(16-21)12-7-17-5-3-2-4-6-17/h2-6,8-11,20H,7,12-16H2,1H3/t20-/m1/s1. The van der Waals surface area contributed by atoms with Crippen molar-refractivity contribution in [1.82, 2.24) is 4.90 Å². The van der Waals surface area contributed by atoms with Gasteiger partial charge >= 0.3 is 0 Å². The van der Waals surface area contributed by atoms with E-state index in [0.29, 0.717) is 6.10 Å². The zero-order valence-corrected chi connectivity index (χ0v) is 13.8. The summed E-state index contributed by atoms with van der Waals surface area (Å²) in [7, 11) is 1.70. The number of nitrogens with zero attached hydrogens (tertiary/aromatic N) is 1. The maximum absolute atomic E-state index is 5.94. The molecule has 0 amide bonds. The number of hydrogen-bond acceptors (Lipinski definition) is 3. The van der Waals surface area contributed by atoms with Gasteiger partial charge < -0.3 is 9.47 Å². The first-order valence-corrected chi connectivity index (χ1v) is 8.34. The van der Waals surface area contributed by atoms with Crippen LogP contribution in [0.1, 0.15) is 17.5 Å². The van der Waals surface area contributed by atoms with Crippen molar-refractivity contribution in [2.24, 2.45) is 0 Å². The topological polar surface area (TPSA) is 21.7 Å². The lowest BCUT2D eigenvalue weighted by Gasteiger charge is -2.33. The van der Waals surface area contributed by atoms with Gasteiger partial charge in [0.15, 0.2) is 0 Å². The van der Waals surface area contributed by atoms with Crippen LogP contribution in [0.5, 0.6) is 5.75 Å². The molecule has 0 unspecified atom stereocenters. The molecule has 1 aliphatic rings. The minimum Gasteiger partial charge on any atom is -0.497 e. The van der Waals surface area contributed by atoms with E-state index in [-0.39, 0.29) is 0 Å². The number of methoxy groups -OCH3 is 1. The van der Waals surface area contributed by atoms with Gasteiger partial charge in [0.2, 0.25) is 0 Å². The second-order valence-electron chi connectivity index (χ2n) is 6.10. The van der Waals surface area contributed by atoms with E-state index in [1.807, 2.05) is 12.1 Å². The summed E-state index contributed by atoms with van der Waals surface area (Å²) in [6.07, 6.45) is 2.51. The third kappa shape index (κ3) is 4.81. The van der Waals surface area contributed by atoms with Crippen molar-refractivity contribution in [3.05, 3.63) is 65.7 Å². The smallest absolute Gasteiger partial charge is 0.118 e. The quantitative estimate of drug-likeness (QED) is 0.814. The molecule has 3 nitrogen and oxygen atoms in total. The van der Waals surface area contributed by atoms with Crippen LogP contribution < -0.4 is 4.74 Å². The average Bonchev–Trinajstić information content (AvgIpc) is 2.62. The van der Waals surface area contributed by atoms with Crippen LogP contribution in [0.3, 0.4) is 0 Å². The molecule has 1 fully saturated rings. The molecule has 0 bridgehead atoms. The minimum atomic E-state index is 0.335. The van der Waals surface area contributed by atoms with Crippen LogP contribution in [0.2, 0.25) is 0 Å². The largest absolute Gasteiger partial charge is 0.497 e. The van der Waals surface area contributed by atoms with Gasteiger partial charge in [0.1, 0.15) is 5.75 Å². The SMILES string of the molecule is COc1ccc(CN2CCO[C@H](CCc3ccccc3)C2)cc1. The Morgan fingerprint density at radius 2 is 1.83 bits per heavy atom. The molecule has 1 heterocycles. The molecule has 122 valence electrons. The van der Waals surface area contributed by atoms with Gasteiger partial charge in [-0.3, -0.25) is 4.90 Å². The van der Waals surface area contributed by atoms with Crippen LogP contribution in [0.25, 0.3) is 0 Å². The lowest BCUT2D eigenvalue weighted by molar-refractivity contribution is -0.0345. The first-order chi connectivity index (χ1) is 11.3. The highest BCUT2D eigenvalue weighted by molar-refractivity contribution is 5.27. The van der Waals surface area contributed by atoms with Crippen molar-refractivity contribution in [2.75, 3.05) is 26.8 Å². The molecule has 3 heteroatoms. The van der Waals surface area contributed by atoms with Crippen LogP contribution in [-0.4, -0.2) is 37.8 Å². The Labute approximate surface area is 138 Å². The monoisotopic (exact) mass is 311 g/mol. The number of benzene rings is 2. The van der Waals surface area contributed by atoms with Gasteiger partial charge in [0, 0.05) is 19.6 Å². The van der Waals surface area contributed by atoms with Crippen molar-refractivity contribution in [1.29, 1.82) is 0 Å². The van der Waals surface area contributed by atoms with Crippen molar-refractivity contribution >= 4 is 0 Å². The van der Waals surface area contributed by atoms with E-state index in [1.165, 1.54) is 11.1 Å². The van der Waals surface area contributed by atoms with Crippen LogP contribution in [0.15, 0.2) is 54.6 Å². The van der Waals surface area contributed by atoms with Gasteiger partial charge in [-0.2, -0.15) is 0 Å². The van der Waals surface area contributed by atoms with E-state index in [0.717, 1.165) is 44.8 Å². The summed E-state index contributed by atoms with van der Waals surface area (Å²) in [6, 6.07) is 19.0. The fraction of sp³-hybridized carbons (Fsp3) is 0.400. The van der Waals surface area contributed by atoms with Crippen LogP contribution in [0.4, 0.5) is 0 Å². The Kier molecular flexibility index (Phi) is 5.67. The molecule has 2 aromatic carbocycles. The summed E-state index contributed by atoms with van der Waals surface area (Å²) in [4.78, 5) is 2.49. The fourth-order valence-corrected chi connectivity index (χ4v) is 3.06. The van der Waals surface area contributed by atoms with Gasteiger partial charge in [-0.05, 0) is 36.1 Å². The maximum Gasteiger partial charge on any atom is 0.118 e. The maximum atomic E-state index is 5.94. The first-order valence-electron chi connectivity index (χ1n) is 8.34. The van der Waals surface area contributed by atoms with E-state index in [4.69, 9.17) is 9.47 Å². The lowest BCUT2D eigenvalue weighted by Crippen LogP contribution is -2.42. The van der Waals surface area contributed by atoms with Gasteiger partial charge in [0.05, 0.1) is 19.8 Å². The zero-order chi connectivity index (χ0) is 15.9. The average molecular weight is 311 g/mol. The highest BCUT2D eigenvalue weighted by Gasteiger charge is 2.20. The molecule has 0 radical (unpaired) electrons. The summed E-state index contributed by atoms with van der Waals surface area (Å²) in [6.45, 7) is 3.83. The van der Waals surface area contributed by atoms with Gasteiger partial charge in [-0.25, -0.2) is 0 Å². The highest BCUT2D eigenvalue weighted by atomic mass is 16.5. The molecular weight excluding hydrogens is 286 g/mol. The van der Waals surface area contributed by atoms with Crippen LogP contribution >= 0.6 is 0 Å². The summed E-state index contributed by atoms with van der Waals surface area (Å²) in [5, 5.41) is 0. The summed E-state index contributed by atoms with van der Waals surface area (Å²) in [5.41, 5.74) is 2.72. The van der Waals surface area contributed by atoms with Gasteiger partial charge in [0.25, 0.3) is 0 Å². The molecule has 1 atom stereocenters. The minimum absolute atomic E-state index is 0.335. The van der Waals surface area contributed by atoms with Gasteiger partial charge in [-0.1, -0.05) is 42.5 Å². The van der Waals surface area contributed by atoms with E-state index in [2.05, 4.69) is 47.4 Å².